The molecule has 8 nitrogen and oxygen atoms in total. The Morgan fingerprint density at radius 1 is 1.21 bits per heavy atom. The average molecular weight is 383 g/mol. The van der Waals surface area contributed by atoms with E-state index in [9.17, 15) is 14.7 Å². The highest BCUT2D eigenvalue weighted by Gasteiger charge is 2.22. The van der Waals surface area contributed by atoms with Crippen molar-refractivity contribution < 1.29 is 24.2 Å². The van der Waals surface area contributed by atoms with Gasteiger partial charge < -0.3 is 24.3 Å². The predicted octanol–water partition coefficient (Wildman–Crippen LogP) is 2.23. The molecule has 2 aromatic heterocycles. The van der Waals surface area contributed by atoms with E-state index in [-0.39, 0.29) is 18.7 Å². The largest absolute Gasteiger partial charge is 0.497 e. The summed E-state index contributed by atoms with van der Waals surface area (Å²) in [4.78, 5) is 28.3. The number of pyridine rings is 1. The lowest BCUT2D eigenvalue weighted by atomic mass is 10.0. The molecule has 0 bridgehead atoms. The number of carbonyl (C=O) groups excluding carboxylic acids is 1. The highest BCUT2D eigenvalue weighted by Crippen LogP contribution is 2.31. The minimum atomic E-state index is -1.03. The van der Waals surface area contributed by atoms with Crippen LogP contribution < -0.4 is 14.8 Å². The molecule has 1 unspecified atom stereocenters. The molecule has 1 amide bonds. The second-order valence-corrected chi connectivity index (χ2v) is 6.20. The van der Waals surface area contributed by atoms with Crippen molar-refractivity contribution >= 4 is 17.5 Å². The summed E-state index contributed by atoms with van der Waals surface area (Å²) in [5.74, 6) is -0.340. The summed E-state index contributed by atoms with van der Waals surface area (Å²) >= 11 is 0. The Kier molecular flexibility index (Phi) is 5.78. The highest BCUT2D eigenvalue weighted by atomic mass is 16.5. The van der Waals surface area contributed by atoms with E-state index in [0.717, 1.165) is 5.65 Å². The fraction of sp³-hybridized carbons (Fsp3) is 0.250. The molecular weight excluding hydrogens is 362 g/mol. The van der Waals surface area contributed by atoms with Gasteiger partial charge in [0.15, 0.2) is 0 Å². The van der Waals surface area contributed by atoms with E-state index in [1.54, 1.807) is 24.4 Å². The van der Waals surface area contributed by atoms with Gasteiger partial charge in [-0.15, -0.1) is 0 Å². The molecule has 0 spiro atoms. The van der Waals surface area contributed by atoms with Gasteiger partial charge >= 0.3 is 5.97 Å². The Bertz CT molecular complexity index is 965. The van der Waals surface area contributed by atoms with Gasteiger partial charge in [-0.2, -0.15) is 0 Å². The van der Waals surface area contributed by atoms with Crippen molar-refractivity contribution in [3.63, 3.8) is 0 Å². The van der Waals surface area contributed by atoms with Crippen LogP contribution in [0, 0.1) is 0 Å². The predicted molar refractivity (Wildman–Crippen MR) is 102 cm³/mol. The summed E-state index contributed by atoms with van der Waals surface area (Å²) in [7, 11) is 3.01. The van der Waals surface area contributed by atoms with Crippen molar-refractivity contribution in [2.24, 2.45) is 0 Å². The maximum Gasteiger partial charge on any atom is 0.305 e. The fourth-order valence-electron chi connectivity index (χ4n) is 3.00. The van der Waals surface area contributed by atoms with Crippen LogP contribution in [0.3, 0.4) is 0 Å². The second-order valence-electron chi connectivity index (χ2n) is 6.20. The third-order valence-corrected chi connectivity index (χ3v) is 4.29. The first-order valence-corrected chi connectivity index (χ1v) is 8.66. The molecule has 2 N–H and O–H groups in total. The number of nitrogens with one attached hydrogen (secondary N) is 1. The molecule has 0 saturated heterocycles. The van der Waals surface area contributed by atoms with Crippen LogP contribution in [-0.2, 0) is 16.0 Å². The van der Waals surface area contributed by atoms with Crippen LogP contribution >= 0.6 is 0 Å². The number of fused-ring (bicyclic) bond motifs is 1. The van der Waals surface area contributed by atoms with Gasteiger partial charge in [-0.25, -0.2) is 4.98 Å². The van der Waals surface area contributed by atoms with Crippen molar-refractivity contribution in [1.82, 2.24) is 14.7 Å². The van der Waals surface area contributed by atoms with Crippen molar-refractivity contribution in [3.05, 3.63) is 60.0 Å². The minimum absolute atomic E-state index is 0.0380. The lowest BCUT2D eigenvalue weighted by molar-refractivity contribution is -0.137. The number of methoxy groups -OCH3 is 2. The first kappa shape index (κ1) is 19.2. The first-order valence-electron chi connectivity index (χ1n) is 8.66. The van der Waals surface area contributed by atoms with Gasteiger partial charge in [0.25, 0.3) is 0 Å². The average Bonchev–Trinajstić information content (AvgIpc) is 3.08. The minimum Gasteiger partial charge on any atom is -0.497 e. The van der Waals surface area contributed by atoms with Gasteiger partial charge in [0.2, 0.25) is 5.91 Å². The molecule has 28 heavy (non-hydrogen) atoms. The molecule has 8 heteroatoms. The Labute approximate surface area is 161 Å². The van der Waals surface area contributed by atoms with E-state index < -0.39 is 12.0 Å². The van der Waals surface area contributed by atoms with Crippen LogP contribution in [0.5, 0.6) is 11.5 Å². The van der Waals surface area contributed by atoms with Gasteiger partial charge in [-0.05, 0) is 24.3 Å². The van der Waals surface area contributed by atoms with Crippen LogP contribution in [0.1, 0.15) is 23.7 Å². The zero-order valence-electron chi connectivity index (χ0n) is 15.6. The number of aliphatic carboxylic acids is 1. The monoisotopic (exact) mass is 383 g/mol. The second kappa shape index (κ2) is 8.43. The zero-order valence-corrected chi connectivity index (χ0v) is 15.6. The molecule has 1 aromatic carbocycles. The summed E-state index contributed by atoms with van der Waals surface area (Å²) in [6.07, 6.45) is 3.38. The van der Waals surface area contributed by atoms with Crippen LogP contribution in [0.25, 0.3) is 5.65 Å². The molecule has 0 aliphatic rings. The Morgan fingerprint density at radius 3 is 2.71 bits per heavy atom. The van der Waals surface area contributed by atoms with Crippen molar-refractivity contribution in [2.75, 3.05) is 14.2 Å². The smallest absolute Gasteiger partial charge is 0.305 e. The number of carboxylic acids is 1. The fourth-order valence-corrected chi connectivity index (χ4v) is 3.00. The number of hydrogen-bond acceptors (Lipinski definition) is 5. The number of hydrogen-bond donors (Lipinski definition) is 2. The molecular formula is C20H21N3O5. The molecule has 146 valence electrons. The third-order valence-electron chi connectivity index (χ3n) is 4.29. The lowest BCUT2D eigenvalue weighted by Gasteiger charge is -2.20. The molecule has 0 radical (unpaired) electrons. The lowest BCUT2D eigenvalue weighted by Crippen LogP contribution is -2.31. The van der Waals surface area contributed by atoms with E-state index in [0.29, 0.717) is 22.8 Å². The van der Waals surface area contributed by atoms with Crippen LogP contribution in [0.4, 0.5) is 0 Å². The van der Waals surface area contributed by atoms with Crippen molar-refractivity contribution in [3.8, 4) is 11.5 Å². The number of aromatic nitrogens is 2. The molecule has 0 saturated carbocycles. The summed E-state index contributed by atoms with van der Waals surface area (Å²) in [5, 5.41) is 12.1. The number of rotatable bonds is 8. The van der Waals surface area contributed by atoms with Gasteiger partial charge in [-0.3, -0.25) is 9.59 Å². The standard InChI is InChI=1S/C20H21N3O5/c1-27-14-6-7-15(17(10-14)28-2)16(11-20(25)26)22-19(24)9-13-12-23-8-4-3-5-18(23)21-13/h3-8,10,12,16H,9,11H2,1-2H3,(H,22,24)(H,25,26). The van der Waals surface area contributed by atoms with E-state index in [1.165, 1.54) is 14.2 Å². The Hall–Kier alpha value is -3.55. The maximum atomic E-state index is 12.6. The number of nitrogens with zero attached hydrogens (tertiary/aromatic N) is 2. The zero-order chi connectivity index (χ0) is 20.1. The quantitative estimate of drug-likeness (QED) is 0.618. The van der Waals surface area contributed by atoms with E-state index >= 15 is 0 Å². The number of carboxylic acid groups (broad SMARTS) is 1. The van der Waals surface area contributed by atoms with Gasteiger partial charge in [0, 0.05) is 24.0 Å². The molecule has 1 atom stereocenters. The Balaban J connectivity index is 1.80. The third kappa shape index (κ3) is 4.40. The number of ether oxygens (including phenoxy) is 2. The molecule has 0 aliphatic carbocycles. The first-order chi connectivity index (χ1) is 13.5. The van der Waals surface area contributed by atoms with Crippen LogP contribution in [0.15, 0.2) is 48.8 Å². The molecule has 0 fully saturated rings. The van der Waals surface area contributed by atoms with E-state index in [2.05, 4.69) is 10.3 Å². The number of amides is 1. The van der Waals surface area contributed by atoms with Crippen LogP contribution in [0.2, 0.25) is 0 Å². The summed E-state index contributed by atoms with van der Waals surface area (Å²) in [6.45, 7) is 0. The highest BCUT2D eigenvalue weighted by molar-refractivity contribution is 5.80. The van der Waals surface area contributed by atoms with E-state index in [1.807, 2.05) is 28.8 Å². The molecule has 0 aliphatic heterocycles. The van der Waals surface area contributed by atoms with Crippen molar-refractivity contribution in [1.29, 1.82) is 0 Å². The van der Waals surface area contributed by atoms with Crippen LogP contribution in [-0.4, -0.2) is 40.6 Å². The SMILES string of the molecule is COc1ccc(C(CC(=O)O)NC(=O)Cc2cn3ccccc3n2)c(OC)c1. The van der Waals surface area contributed by atoms with Gasteiger partial charge in [0.05, 0.1) is 38.8 Å². The Morgan fingerprint density at radius 2 is 2.04 bits per heavy atom. The summed E-state index contributed by atoms with van der Waals surface area (Å²) < 4.78 is 12.3. The normalized spacial score (nSPS) is 11.8. The van der Waals surface area contributed by atoms with E-state index in [4.69, 9.17) is 9.47 Å². The van der Waals surface area contributed by atoms with Gasteiger partial charge in [-0.1, -0.05) is 6.07 Å². The van der Waals surface area contributed by atoms with Crippen molar-refractivity contribution in [2.45, 2.75) is 18.9 Å². The number of carbonyl (C=O) groups is 2. The van der Waals surface area contributed by atoms with Gasteiger partial charge in [0.1, 0.15) is 17.1 Å². The molecule has 3 aromatic rings. The maximum absolute atomic E-state index is 12.6. The number of benzene rings is 1. The molecule has 2 heterocycles. The topological polar surface area (TPSA) is 102 Å². The summed E-state index contributed by atoms with van der Waals surface area (Å²) in [6, 6.07) is 9.87. The molecule has 3 rings (SSSR count). The summed E-state index contributed by atoms with van der Waals surface area (Å²) in [5.41, 5.74) is 1.90. The number of imidazole rings is 1.